The molecule has 32 heavy (non-hydrogen) atoms. The van der Waals surface area contributed by atoms with Gasteiger partial charge in [0.25, 0.3) is 0 Å². The smallest absolute Gasteiger partial charge is 0.872 e. The van der Waals surface area contributed by atoms with Crippen LogP contribution in [0.4, 0.5) is 0 Å². The van der Waals surface area contributed by atoms with Crippen LogP contribution in [0.3, 0.4) is 0 Å². The summed E-state index contributed by atoms with van der Waals surface area (Å²) in [5.41, 5.74) is 0.937. The molecule has 2 rings (SSSR count). The molecule has 15 heteroatoms. The summed E-state index contributed by atoms with van der Waals surface area (Å²) in [7, 11) is -4.94. The first-order valence-corrected chi connectivity index (χ1v) is 9.60. The van der Waals surface area contributed by atoms with Crippen LogP contribution < -0.4 is 28.8 Å². The second-order valence-corrected chi connectivity index (χ2v) is 6.80. The second kappa shape index (κ2) is 19.0. The number of aliphatic imine (C=N–C) groups is 2. The summed E-state index contributed by atoms with van der Waals surface area (Å²) in [5.74, 6) is -0.222. The van der Waals surface area contributed by atoms with Crippen molar-refractivity contribution in [3.63, 3.8) is 0 Å². The maximum Gasteiger partial charge on any atom is 3.00 e. The molecule has 0 saturated heterocycles. The van der Waals surface area contributed by atoms with Gasteiger partial charge in [-0.25, -0.2) is 18.6 Å². The summed E-state index contributed by atoms with van der Waals surface area (Å²) in [5, 5.41) is 24.1. The molecule has 0 aliphatic heterocycles. The maximum absolute atomic E-state index is 11.5. The van der Waals surface area contributed by atoms with Crippen molar-refractivity contribution < 1.29 is 72.6 Å². The summed E-state index contributed by atoms with van der Waals surface area (Å²) in [6.07, 6.45) is 3.74. The van der Waals surface area contributed by atoms with Crippen LogP contribution >= 0.6 is 23.2 Å². The Morgan fingerprint density at radius 2 is 1.06 bits per heavy atom. The third-order valence-corrected chi connectivity index (χ3v) is 3.45. The van der Waals surface area contributed by atoms with Crippen molar-refractivity contribution in [1.82, 2.24) is 0 Å². The fourth-order valence-corrected chi connectivity index (χ4v) is 2.18. The van der Waals surface area contributed by atoms with Crippen molar-refractivity contribution in [2.75, 3.05) is 13.1 Å². The number of hydrogen-bond donors (Lipinski definition) is 0. The van der Waals surface area contributed by atoms with Crippen LogP contribution in [0.25, 0.3) is 0 Å². The van der Waals surface area contributed by atoms with Gasteiger partial charge in [0.2, 0.25) is 0 Å². The third-order valence-electron chi connectivity index (χ3n) is 2.98. The zero-order valence-electron chi connectivity index (χ0n) is 16.3. The minimum atomic E-state index is -4.94. The van der Waals surface area contributed by atoms with Crippen LogP contribution in [0.1, 0.15) is 17.5 Å². The third kappa shape index (κ3) is 18.1. The Hall–Kier alpha value is -1.51. The van der Waals surface area contributed by atoms with Crippen LogP contribution in [-0.4, -0.2) is 31.0 Å². The zero-order chi connectivity index (χ0) is 21.2. The monoisotopic (exact) mass is 558 g/mol. The van der Waals surface area contributed by atoms with Crippen LogP contribution in [0.15, 0.2) is 46.4 Å². The van der Waals surface area contributed by atoms with Crippen LogP contribution in [0.5, 0.6) is 11.5 Å². The molecule has 8 N–H and O–H groups in total. The van der Waals surface area contributed by atoms with Crippen molar-refractivity contribution in [3.8, 4) is 11.5 Å². The Morgan fingerprint density at radius 1 is 0.750 bits per heavy atom. The fourth-order valence-electron chi connectivity index (χ4n) is 1.82. The molecule has 2 aromatic rings. The van der Waals surface area contributed by atoms with E-state index in [4.69, 9.17) is 41.8 Å². The standard InChI is InChI=1S/C17H16Cl2N2O2.ClHO4.Mn.3H2O/c18-14-2-4-16(22)12(8-14)10-20-6-1-7-21-11-13-9-15(19)3-5-17(13)23;2-1(3,4)5;;;;/h2-5,8-11,22-23H,1,6-7H2;(H,2,3,4,5);;3*1H2/q;;+3;;;/p-1. The van der Waals surface area contributed by atoms with E-state index in [9.17, 15) is 10.2 Å². The Morgan fingerprint density at radius 3 is 1.38 bits per heavy atom. The van der Waals surface area contributed by atoms with Gasteiger partial charge >= 0.3 is 17.1 Å². The molecular weight excluding hydrogens is 537 g/mol. The summed E-state index contributed by atoms with van der Waals surface area (Å²) in [6, 6.07) is 9.10. The van der Waals surface area contributed by atoms with Gasteiger partial charge in [0.1, 0.15) is 0 Å². The van der Waals surface area contributed by atoms with E-state index in [2.05, 4.69) is 9.98 Å². The van der Waals surface area contributed by atoms with E-state index < -0.39 is 10.2 Å². The van der Waals surface area contributed by atoms with Gasteiger partial charge in [-0.15, -0.1) is 10.2 Å². The molecule has 0 spiro atoms. The minimum Gasteiger partial charge on any atom is -0.872 e. The molecule has 11 nitrogen and oxygen atoms in total. The molecule has 0 heterocycles. The molecule has 180 valence electrons. The molecule has 0 amide bonds. The number of benzene rings is 2. The molecule has 0 aliphatic carbocycles. The summed E-state index contributed by atoms with van der Waals surface area (Å²) < 4.78 is 34.0. The van der Waals surface area contributed by atoms with Gasteiger partial charge in [-0.1, -0.05) is 46.8 Å². The van der Waals surface area contributed by atoms with Crippen LogP contribution in [0.2, 0.25) is 10.0 Å². The normalized spacial score (nSPS) is 10.2. The van der Waals surface area contributed by atoms with E-state index in [0.717, 1.165) is 0 Å². The largest absolute Gasteiger partial charge is 3.00 e. The molecular formula is C17H22Cl3MnN2O9+2. The van der Waals surface area contributed by atoms with Crippen LogP contribution in [-0.2, 0) is 28.0 Å². The van der Waals surface area contributed by atoms with Gasteiger partial charge in [0.15, 0.2) is 0 Å². The molecule has 0 saturated carbocycles. The second-order valence-electron chi connectivity index (χ2n) is 5.17. The average molecular weight is 560 g/mol. The first kappa shape index (κ1) is 37.8. The Labute approximate surface area is 206 Å². The number of rotatable bonds is 6. The van der Waals surface area contributed by atoms with E-state index in [1.807, 2.05) is 0 Å². The van der Waals surface area contributed by atoms with Gasteiger partial charge in [-0.05, 0) is 41.8 Å². The van der Waals surface area contributed by atoms with Crippen molar-refractivity contribution in [1.29, 1.82) is 0 Å². The van der Waals surface area contributed by atoms with E-state index in [0.29, 0.717) is 40.7 Å². The first-order chi connectivity index (χ1) is 13.1. The SMILES string of the molecule is O.[Mn+3].[O-][Cl+3]([O-])([O-])[O-].[O-]c1ccc(Cl)cc1C=NCCCN=Cc1cc(Cl)ccc1[O-].[OH3+].[OH3+]. The Kier molecular flexibility index (Phi) is 22.4. The molecule has 0 aromatic heterocycles. The van der Waals surface area contributed by atoms with Crippen molar-refractivity contribution >= 4 is 35.6 Å². The quantitative estimate of drug-likeness (QED) is 0.146. The van der Waals surface area contributed by atoms with E-state index >= 15 is 0 Å². The number of hydrogen-bond acceptors (Lipinski definition) is 8. The predicted molar refractivity (Wildman–Crippen MR) is 105 cm³/mol. The molecule has 0 atom stereocenters. The Bertz CT molecular complexity index is 770. The first-order valence-electron chi connectivity index (χ1n) is 7.61. The van der Waals surface area contributed by atoms with Gasteiger partial charge in [0, 0.05) is 35.6 Å². The maximum atomic E-state index is 11.5. The van der Waals surface area contributed by atoms with Gasteiger partial charge < -0.3 is 26.6 Å². The van der Waals surface area contributed by atoms with E-state index in [1.165, 1.54) is 24.6 Å². The minimum absolute atomic E-state index is 0. The van der Waals surface area contributed by atoms with Gasteiger partial charge in [-0.2, -0.15) is 0 Å². The van der Waals surface area contributed by atoms with E-state index in [1.54, 1.807) is 24.3 Å². The number of halogens is 3. The van der Waals surface area contributed by atoms with Crippen molar-refractivity contribution in [2.24, 2.45) is 9.98 Å². The number of nitrogens with zero attached hydrogens (tertiary/aromatic N) is 2. The van der Waals surface area contributed by atoms with Gasteiger partial charge in [-0.3, -0.25) is 9.98 Å². The average Bonchev–Trinajstić information content (AvgIpc) is 2.58. The molecule has 0 unspecified atom stereocenters. The molecule has 2 aromatic carbocycles. The van der Waals surface area contributed by atoms with E-state index in [-0.39, 0.29) is 45.0 Å². The summed E-state index contributed by atoms with van der Waals surface area (Å²) in [6.45, 7) is 1.06. The summed E-state index contributed by atoms with van der Waals surface area (Å²) in [4.78, 5) is 8.36. The Balaban J connectivity index is -0.000000394. The zero-order valence-corrected chi connectivity index (χ0v) is 19.7. The fraction of sp³-hybridized carbons (Fsp3) is 0.176. The van der Waals surface area contributed by atoms with Gasteiger partial charge in [0.05, 0.1) is 0 Å². The molecule has 0 bridgehead atoms. The summed E-state index contributed by atoms with van der Waals surface area (Å²) >= 11 is 11.7. The van der Waals surface area contributed by atoms with Crippen LogP contribution in [0, 0.1) is 10.2 Å². The predicted octanol–water partition coefficient (Wildman–Crippen LogP) is -4.36. The van der Waals surface area contributed by atoms with Crippen molar-refractivity contribution in [2.45, 2.75) is 6.42 Å². The van der Waals surface area contributed by atoms with Crippen molar-refractivity contribution in [3.05, 3.63) is 57.6 Å². The topological polar surface area (TPSA) is 261 Å². The molecule has 0 fully saturated rings. The molecule has 0 aliphatic rings. The molecule has 0 radical (unpaired) electrons.